The van der Waals surface area contributed by atoms with Gasteiger partial charge in [-0.15, -0.1) is 0 Å². The lowest BCUT2D eigenvalue weighted by Crippen LogP contribution is -1.91. The number of anilines is 1. The number of hydrogen-bond donors (Lipinski definition) is 1. The van der Waals surface area contributed by atoms with E-state index >= 15 is 0 Å². The van der Waals surface area contributed by atoms with E-state index in [0.717, 1.165) is 22.4 Å². The molecule has 100 valence electrons. The van der Waals surface area contributed by atoms with Gasteiger partial charge in [0.2, 0.25) is 5.82 Å². The first kappa shape index (κ1) is 12.3. The first-order chi connectivity index (χ1) is 9.79. The van der Waals surface area contributed by atoms with Gasteiger partial charge in [0.05, 0.1) is 5.56 Å². The largest absolute Gasteiger partial charge is 0.387 e. The lowest BCUT2D eigenvalue weighted by Gasteiger charge is -2.03. The molecular weight excluding hydrogens is 252 g/mol. The number of benzene rings is 1. The summed E-state index contributed by atoms with van der Waals surface area (Å²) < 4.78 is 5.38. The quantitative estimate of drug-likeness (QED) is 0.789. The van der Waals surface area contributed by atoms with Crippen molar-refractivity contribution in [1.29, 1.82) is 0 Å². The highest BCUT2D eigenvalue weighted by Gasteiger charge is 2.14. The number of para-hydroxylation sites is 1. The zero-order chi connectivity index (χ0) is 13.9. The fourth-order valence-corrected chi connectivity index (χ4v) is 2.05. The van der Waals surface area contributed by atoms with Crippen molar-refractivity contribution in [3.05, 3.63) is 48.3 Å². The maximum atomic E-state index is 5.38. The van der Waals surface area contributed by atoms with Crippen molar-refractivity contribution >= 4 is 5.69 Å². The van der Waals surface area contributed by atoms with Gasteiger partial charge in [-0.1, -0.05) is 17.3 Å². The van der Waals surface area contributed by atoms with E-state index in [0.29, 0.717) is 11.7 Å². The van der Waals surface area contributed by atoms with E-state index in [1.807, 2.05) is 44.3 Å². The van der Waals surface area contributed by atoms with Crippen LogP contribution >= 0.6 is 0 Å². The highest BCUT2D eigenvalue weighted by molar-refractivity contribution is 5.73. The Labute approximate surface area is 116 Å². The van der Waals surface area contributed by atoms with Crippen molar-refractivity contribution in [2.24, 2.45) is 0 Å². The molecule has 0 aliphatic heterocycles. The highest BCUT2D eigenvalue weighted by Crippen LogP contribution is 2.28. The molecule has 5 nitrogen and oxygen atoms in total. The molecule has 3 rings (SSSR count). The van der Waals surface area contributed by atoms with Crippen LogP contribution in [0.4, 0.5) is 5.69 Å². The molecule has 0 aliphatic rings. The first-order valence-electron chi connectivity index (χ1n) is 6.31. The lowest BCUT2D eigenvalue weighted by atomic mass is 10.1. The molecule has 1 aromatic carbocycles. The Kier molecular flexibility index (Phi) is 3.16. The molecule has 0 saturated heterocycles. The minimum absolute atomic E-state index is 0.501. The number of nitrogens with one attached hydrogen (secondary N) is 1. The van der Waals surface area contributed by atoms with Gasteiger partial charge in [0.25, 0.3) is 5.89 Å². The summed E-state index contributed by atoms with van der Waals surface area (Å²) in [5.74, 6) is 1.08. The monoisotopic (exact) mass is 266 g/mol. The van der Waals surface area contributed by atoms with Crippen LogP contribution in [-0.4, -0.2) is 22.2 Å². The molecule has 0 fully saturated rings. The van der Waals surface area contributed by atoms with E-state index in [2.05, 4.69) is 20.4 Å². The molecule has 2 heterocycles. The standard InChI is InChI=1S/C15H14N4O/c1-10-9-17-8-7-11(10)14-18-15(20-19-14)12-5-3-4-6-13(12)16-2/h3-9,16H,1-2H3. The Morgan fingerprint density at radius 1 is 1.10 bits per heavy atom. The van der Waals surface area contributed by atoms with Gasteiger partial charge in [-0.05, 0) is 30.7 Å². The maximum Gasteiger partial charge on any atom is 0.260 e. The fraction of sp³-hybridized carbons (Fsp3) is 0.133. The molecule has 0 atom stereocenters. The molecule has 0 bridgehead atoms. The Morgan fingerprint density at radius 3 is 2.75 bits per heavy atom. The number of nitrogens with zero attached hydrogens (tertiary/aromatic N) is 3. The second kappa shape index (κ2) is 5.13. The summed E-state index contributed by atoms with van der Waals surface area (Å²) in [6.07, 6.45) is 3.51. The van der Waals surface area contributed by atoms with Crippen LogP contribution in [0.25, 0.3) is 22.8 Å². The van der Waals surface area contributed by atoms with Gasteiger partial charge in [-0.2, -0.15) is 4.98 Å². The van der Waals surface area contributed by atoms with Crippen LogP contribution in [0.1, 0.15) is 5.56 Å². The van der Waals surface area contributed by atoms with E-state index in [1.165, 1.54) is 0 Å². The summed E-state index contributed by atoms with van der Waals surface area (Å²) in [5.41, 5.74) is 3.79. The number of rotatable bonds is 3. The van der Waals surface area contributed by atoms with Crippen LogP contribution in [-0.2, 0) is 0 Å². The summed E-state index contributed by atoms with van der Waals surface area (Å²) in [7, 11) is 1.86. The van der Waals surface area contributed by atoms with Crippen molar-refractivity contribution in [1.82, 2.24) is 15.1 Å². The summed E-state index contributed by atoms with van der Waals surface area (Å²) in [5, 5.41) is 7.17. The van der Waals surface area contributed by atoms with Gasteiger partial charge in [0.1, 0.15) is 0 Å². The average molecular weight is 266 g/mol. The van der Waals surface area contributed by atoms with E-state index in [4.69, 9.17) is 4.52 Å². The molecular formula is C15H14N4O. The van der Waals surface area contributed by atoms with Crippen molar-refractivity contribution < 1.29 is 4.52 Å². The molecule has 0 amide bonds. The van der Waals surface area contributed by atoms with Crippen LogP contribution < -0.4 is 5.32 Å². The third-order valence-corrected chi connectivity index (χ3v) is 3.11. The molecule has 5 heteroatoms. The molecule has 0 aliphatic carbocycles. The Bertz CT molecular complexity index is 736. The SMILES string of the molecule is CNc1ccccc1-c1nc(-c2ccncc2C)no1. The van der Waals surface area contributed by atoms with Crippen LogP contribution in [0.2, 0.25) is 0 Å². The minimum Gasteiger partial charge on any atom is -0.387 e. The van der Waals surface area contributed by atoms with Gasteiger partial charge in [-0.3, -0.25) is 4.98 Å². The molecule has 20 heavy (non-hydrogen) atoms. The van der Waals surface area contributed by atoms with Gasteiger partial charge >= 0.3 is 0 Å². The van der Waals surface area contributed by atoms with E-state index in [9.17, 15) is 0 Å². The van der Waals surface area contributed by atoms with Crippen LogP contribution in [0.3, 0.4) is 0 Å². The molecule has 0 saturated carbocycles. The van der Waals surface area contributed by atoms with E-state index in [1.54, 1.807) is 12.4 Å². The zero-order valence-corrected chi connectivity index (χ0v) is 11.3. The average Bonchev–Trinajstić information content (AvgIpc) is 2.97. The van der Waals surface area contributed by atoms with E-state index < -0.39 is 0 Å². The highest BCUT2D eigenvalue weighted by atomic mass is 16.5. The molecule has 2 aromatic heterocycles. The van der Waals surface area contributed by atoms with Crippen molar-refractivity contribution in [3.8, 4) is 22.8 Å². The van der Waals surface area contributed by atoms with Crippen molar-refractivity contribution in [3.63, 3.8) is 0 Å². The van der Waals surface area contributed by atoms with Crippen LogP contribution in [0.5, 0.6) is 0 Å². The Balaban J connectivity index is 2.05. The molecule has 1 N–H and O–H groups in total. The number of pyridine rings is 1. The number of hydrogen-bond acceptors (Lipinski definition) is 5. The molecule has 0 unspecified atom stereocenters. The Hall–Kier alpha value is -2.69. The number of aromatic nitrogens is 3. The van der Waals surface area contributed by atoms with Gasteiger partial charge in [0.15, 0.2) is 0 Å². The fourth-order valence-electron chi connectivity index (χ4n) is 2.05. The summed E-state index contributed by atoms with van der Waals surface area (Å²) in [4.78, 5) is 8.54. The van der Waals surface area contributed by atoms with Gasteiger partial charge in [0, 0.05) is 30.7 Å². The van der Waals surface area contributed by atoms with Crippen LogP contribution in [0, 0.1) is 6.92 Å². The van der Waals surface area contributed by atoms with E-state index in [-0.39, 0.29) is 0 Å². The van der Waals surface area contributed by atoms with Gasteiger partial charge < -0.3 is 9.84 Å². The minimum atomic E-state index is 0.501. The third kappa shape index (κ3) is 2.14. The molecule has 0 spiro atoms. The molecule has 0 radical (unpaired) electrons. The first-order valence-corrected chi connectivity index (χ1v) is 6.31. The zero-order valence-electron chi connectivity index (χ0n) is 11.3. The topological polar surface area (TPSA) is 63.8 Å². The third-order valence-electron chi connectivity index (χ3n) is 3.11. The van der Waals surface area contributed by atoms with Crippen molar-refractivity contribution in [2.45, 2.75) is 6.92 Å². The summed E-state index contributed by atoms with van der Waals surface area (Å²) in [6, 6.07) is 9.70. The lowest BCUT2D eigenvalue weighted by molar-refractivity contribution is 0.432. The summed E-state index contributed by atoms with van der Waals surface area (Å²) >= 11 is 0. The summed E-state index contributed by atoms with van der Waals surface area (Å²) in [6.45, 7) is 1.97. The molecule has 3 aromatic rings. The Morgan fingerprint density at radius 2 is 1.95 bits per heavy atom. The number of aryl methyl sites for hydroxylation is 1. The predicted molar refractivity (Wildman–Crippen MR) is 77.2 cm³/mol. The van der Waals surface area contributed by atoms with Gasteiger partial charge in [-0.25, -0.2) is 0 Å². The van der Waals surface area contributed by atoms with Crippen LogP contribution in [0.15, 0.2) is 47.2 Å². The predicted octanol–water partition coefficient (Wildman–Crippen LogP) is 3.15. The smallest absolute Gasteiger partial charge is 0.260 e. The normalized spacial score (nSPS) is 10.5. The maximum absolute atomic E-state index is 5.38. The second-order valence-corrected chi connectivity index (χ2v) is 4.41. The van der Waals surface area contributed by atoms with Crippen molar-refractivity contribution in [2.75, 3.05) is 12.4 Å². The second-order valence-electron chi connectivity index (χ2n) is 4.41.